The molecular formula is C32H44N8O4. The molecule has 12 heteroatoms. The van der Waals surface area contributed by atoms with Crippen molar-refractivity contribution in [3.63, 3.8) is 0 Å². The predicted molar refractivity (Wildman–Crippen MR) is 167 cm³/mol. The van der Waals surface area contributed by atoms with Crippen molar-refractivity contribution >= 4 is 41.1 Å². The van der Waals surface area contributed by atoms with E-state index in [1.165, 1.54) is 0 Å². The molecule has 0 spiro atoms. The normalized spacial score (nSPS) is 25.8. The van der Waals surface area contributed by atoms with Crippen LogP contribution in [0.3, 0.4) is 0 Å². The Labute approximate surface area is 258 Å². The van der Waals surface area contributed by atoms with Crippen LogP contribution in [0.25, 0.3) is 11.0 Å². The molecule has 3 fully saturated rings. The van der Waals surface area contributed by atoms with Crippen LogP contribution in [-0.4, -0.2) is 97.3 Å². The number of amides is 3. The summed E-state index contributed by atoms with van der Waals surface area (Å²) in [5.41, 5.74) is 0.811. The zero-order valence-electron chi connectivity index (χ0n) is 26.7. The maximum atomic E-state index is 13.3. The van der Waals surface area contributed by atoms with Crippen molar-refractivity contribution in [2.75, 3.05) is 26.0 Å². The summed E-state index contributed by atoms with van der Waals surface area (Å²) in [6.07, 6.45) is 11.9. The van der Waals surface area contributed by atoms with E-state index in [9.17, 15) is 14.4 Å². The molecule has 0 aromatic carbocycles. The summed E-state index contributed by atoms with van der Waals surface area (Å²) in [5, 5.41) is 4.23. The molecule has 3 amide bonds. The smallest absolute Gasteiger partial charge is 0.410 e. The molecule has 2 saturated heterocycles. The molecule has 3 unspecified atom stereocenters. The van der Waals surface area contributed by atoms with Crippen molar-refractivity contribution in [2.45, 2.75) is 108 Å². The Kier molecular flexibility index (Phi) is 7.65. The summed E-state index contributed by atoms with van der Waals surface area (Å²) in [7, 11) is 3.53. The van der Waals surface area contributed by atoms with E-state index in [2.05, 4.69) is 14.9 Å². The second kappa shape index (κ2) is 11.2. The van der Waals surface area contributed by atoms with Crippen LogP contribution in [0.4, 0.5) is 10.7 Å². The van der Waals surface area contributed by atoms with Gasteiger partial charge < -0.3 is 24.4 Å². The summed E-state index contributed by atoms with van der Waals surface area (Å²) in [4.78, 5) is 58.9. The fourth-order valence-corrected chi connectivity index (χ4v) is 6.94. The highest BCUT2D eigenvalue weighted by Gasteiger charge is 2.45. The van der Waals surface area contributed by atoms with Gasteiger partial charge in [0, 0.05) is 63.4 Å². The van der Waals surface area contributed by atoms with Crippen molar-refractivity contribution in [1.82, 2.24) is 29.2 Å². The lowest BCUT2D eigenvalue weighted by molar-refractivity contribution is -0.129. The molecule has 236 valence electrons. The van der Waals surface area contributed by atoms with Gasteiger partial charge in [-0.1, -0.05) is 18.9 Å². The molecule has 44 heavy (non-hydrogen) atoms. The number of likely N-dealkylation sites (tertiary alicyclic amines) is 1. The maximum Gasteiger partial charge on any atom is 0.410 e. The van der Waals surface area contributed by atoms with Crippen LogP contribution < -0.4 is 5.32 Å². The molecule has 1 saturated carbocycles. The van der Waals surface area contributed by atoms with Crippen LogP contribution in [-0.2, 0) is 9.53 Å². The average molecular weight is 605 g/mol. The molecule has 6 rings (SSSR count). The van der Waals surface area contributed by atoms with Crippen LogP contribution in [0.5, 0.6) is 0 Å². The van der Waals surface area contributed by atoms with Crippen LogP contribution in [0, 0.1) is 0 Å². The SMILES string of the molecule is CN(C)C(=O)c1cc2cnc(NC3(C)CC=C(N4CC5CCC(CC4=O)N5C(=O)OC(C)(C)C)C=N3)nc2n1C1CCCC1. The van der Waals surface area contributed by atoms with E-state index in [0.717, 1.165) is 55.3 Å². The monoisotopic (exact) mass is 604 g/mol. The molecule has 2 bridgehead atoms. The first-order valence-electron chi connectivity index (χ1n) is 15.8. The van der Waals surface area contributed by atoms with Crippen LogP contribution >= 0.6 is 0 Å². The predicted octanol–water partition coefficient (Wildman–Crippen LogP) is 4.74. The fourth-order valence-electron chi connectivity index (χ4n) is 6.94. The summed E-state index contributed by atoms with van der Waals surface area (Å²) in [6, 6.07) is 1.88. The maximum absolute atomic E-state index is 13.3. The number of allylic oxidation sites excluding steroid dienone is 1. The Bertz CT molecular complexity index is 1530. The average Bonchev–Trinajstić information content (AvgIpc) is 3.67. The Hall–Kier alpha value is -3.96. The summed E-state index contributed by atoms with van der Waals surface area (Å²) in [6.45, 7) is 7.96. The molecule has 0 radical (unpaired) electrons. The number of carbonyl (C=O) groups is 3. The number of nitrogens with one attached hydrogen (secondary N) is 1. The summed E-state index contributed by atoms with van der Waals surface area (Å²) >= 11 is 0. The third kappa shape index (κ3) is 5.78. The highest BCUT2D eigenvalue weighted by atomic mass is 16.6. The van der Waals surface area contributed by atoms with Crippen molar-refractivity contribution in [3.8, 4) is 0 Å². The minimum atomic E-state index is -0.722. The lowest BCUT2D eigenvalue weighted by atomic mass is 10.0. The van der Waals surface area contributed by atoms with Crippen molar-refractivity contribution in [2.24, 2.45) is 4.99 Å². The quantitative estimate of drug-likeness (QED) is 0.523. The van der Waals surface area contributed by atoms with Crippen LogP contribution in [0.1, 0.15) is 95.6 Å². The molecule has 3 aliphatic heterocycles. The first-order valence-corrected chi connectivity index (χ1v) is 15.8. The number of ether oxygens (including phenoxy) is 1. The first kappa shape index (κ1) is 30.1. The first-order chi connectivity index (χ1) is 20.8. The standard InChI is InChI=1S/C32H44N8O4/c1-31(2,3)44-30(43)39-22-11-12-24(39)19-38(26(41)16-22)23-13-14-32(4,34-18-23)36-29-33-17-20-15-25(28(42)37(5)6)40(27(20)35-29)21-9-7-8-10-21/h13,15,17-18,21-22,24H,7-12,14,16,19H2,1-6H3,(H,33,35,36). The Morgan fingerprint density at radius 2 is 1.82 bits per heavy atom. The zero-order valence-corrected chi connectivity index (χ0v) is 26.7. The largest absolute Gasteiger partial charge is 0.444 e. The van der Waals surface area contributed by atoms with Gasteiger partial charge >= 0.3 is 6.09 Å². The number of carbonyl (C=O) groups excluding carboxylic acids is 3. The van der Waals surface area contributed by atoms with Crippen molar-refractivity contribution < 1.29 is 19.1 Å². The van der Waals surface area contributed by atoms with Gasteiger partial charge in [0.2, 0.25) is 11.9 Å². The van der Waals surface area contributed by atoms with Gasteiger partial charge in [0.1, 0.15) is 22.6 Å². The summed E-state index contributed by atoms with van der Waals surface area (Å²) < 4.78 is 7.77. The Morgan fingerprint density at radius 3 is 2.48 bits per heavy atom. The van der Waals surface area contributed by atoms with Gasteiger partial charge in [0.25, 0.3) is 5.91 Å². The van der Waals surface area contributed by atoms with E-state index in [-0.39, 0.29) is 42.5 Å². The zero-order chi connectivity index (χ0) is 31.4. The molecule has 2 aromatic rings. The van der Waals surface area contributed by atoms with Crippen LogP contribution in [0.15, 0.2) is 29.0 Å². The molecule has 12 nitrogen and oxygen atoms in total. The van der Waals surface area contributed by atoms with E-state index in [1.54, 1.807) is 41.2 Å². The van der Waals surface area contributed by atoms with Gasteiger partial charge in [0.05, 0.1) is 11.7 Å². The third-order valence-electron chi connectivity index (χ3n) is 9.10. The lowest BCUT2D eigenvalue weighted by Gasteiger charge is -2.33. The molecule has 2 aromatic heterocycles. The second-order valence-electron chi connectivity index (χ2n) is 14.0. The van der Waals surface area contributed by atoms with Crippen molar-refractivity contribution in [1.29, 1.82) is 0 Å². The summed E-state index contributed by atoms with van der Waals surface area (Å²) in [5.74, 6) is 0.382. The van der Waals surface area contributed by atoms with Crippen LogP contribution in [0.2, 0.25) is 0 Å². The Balaban J connectivity index is 1.19. The van der Waals surface area contributed by atoms with Gasteiger partial charge in [0.15, 0.2) is 0 Å². The highest BCUT2D eigenvalue weighted by Crippen LogP contribution is 2.36. The third-order valence-corrected chi connectivity index (χ3v) is 9.10. The molecule has 3 atom stereocenters. The number of fused-ring (bicyclic) bond motifs is 3. The molecular weight excluding hydrogens is 560 g/mol. The van der Waals surface area contributed by atoms with Gasteiger partial charge in [-0.05, 0) is 59.4 Å². The van der Waals surface area contributed by atoms with Gasteiger partial charge in [-0.3, -0.25) is 19.5 Å². The molecule has 5 heterocycles. The minimum absolute atomic E-state index is 0.00967. The topological polar surface area (TPSA) is 125 Å². The fraction of sp³-hybridized carbons (Fsp3) is 0.625. The van der Waals surface area contributed by atoms with E-state index in [1.807, 2.05) is 39.8 Å². The van der Waals surface area contributed by atoms with E-state index in [0.29, 0.717) is 24.6 Å². The minimum Gasteiger partial charge on any atom is -0.444 e. The number of aliphatic imine (C=N–C) groups is 1. The number of nitrogens with zero attached hydrogens (tertiary/aromatic N) is 7. The Morgan fingerprint density at radius 1 is 1.09 bits per heavy atom. The molecule has 4 aliphatic rings. The number of hydrogen-bond acceptors (Lipinski definition) is 8. The molecule has 1 aliphatic carbocycles. The number of dihydropyridines is 1. The number of rotatable bonds is 5. The highest BCUT2D eigenvalue weighted by molar-refractivity contribution is 5.98. The number of anilines is 1. The lowest BCUT2D eigenvalue weighted by Crippen LogP contribution is -2.45. The van der Waals surface area contributed by atoms with Gasteiger partial charge in [-0.15, -0.1) is 0 Å². The number of aromatic nitrogens is 3. The van der Waals surface area contributed by atoms with Gasteiger partial charge in [-0.2, -0.15) is 4.98 Å². The number of hydrogen-bond donors (Lipinski definition) is 1. The van der Waals surface area contributed by atoms with E-state index >= 15 is 0 Å². The van der Waals surface area contributed by atoms with E-state index in [4.69, 9.17) is 14.7 Å². The van der Waals surface area contributed by atoms with E-state index < -0.39 is 11.3 Å². The van der Waals surface area contributed by atoms with Gasteiger partial charge in [-0.25, -0.2) is 9.78 Å². The second-order valence-corrected chi connectivity index (χ2v) is 14.0. The molecule has 1 N–H and O–H groups in total. The van der Waals surface area contributed by atoms with Crippen molar-refractivity contribution in [3.05, 3.63) is 29.7 Å².